The number of hydrogen-bond donors (Lipinski definition) is 1. The van der Waals surface area contributed by atoms with E-state index >= 15 is 0 Å². The zero-order chi connectivity index (χ0) is 13.0. The van der Waals surface area contributed by atoms with Crippen LogP contribution in [0.5, 0.6) is 0 Å². The molecule has 0 unspecified atom stereocenters. The molecule has 0 atom stereocenters. The highest BCUT2D eigenvalue weighted by Gasteiger charge is 2.07. The quantitative estimate of drug-likeness (QED) is 0.933. The molecule has 0 spiro atoms. The Balaban J connectivity index is 1.89. The second-order valence-corrected chi connectivity index (χ2v) is 4.41. The molecule has 0 saturated heterocycles. The van der Waals surface area contributed by atoms with Gasteiger partial charge in [0, 0.05) is 18.3 Å². The van der Waals surface area contributed by atoms with Crippen molar-refractivity contribution in [3.63, 3.8) is 0 Å². The van der Waals surface area contributed by atoms with E-state index < -0.39 is 5.82 Å². The van der Waals surface area contributed by atoms with Crippen LogP contribution >= 0.6 is 15.9 Å². The predicted molar refractivity (Wildman–Crippen MR) is 66.5 cm³/mol. The number of carbonyl (C=O) groups is 1. The second kappa shape index (κ2) is 5.72. The van der Waals surface area contributed by atoms with E-state index in [0.29, 0.717) is 18.7 Å². The molecule has 2 rings (SSSR count). The van der Waals surface area contributed by atoms with Crippen LogP contribution in [0.2, 0.25) is 0 Å². The minimum absolute atomic E-state index is 0.254. The topological polar surface area (TPSA) is 59.8 Å². The third-order valence-corrected chi connectivity index (χ3v) is 2.89. The summed E-state index contributed by atoms with van der Waals surface area (Å²) in [5, 5.41) is 10.1. The van der Waals surface area contributed by atoms with Crippen LogP contribution in [0.3, 0.4) is 0 Å². The smallest absolute Gasteiger partial charge is 0.251 e. The fraction of sp³-hybridized carbons (Fsp3) is 0.182. The molecule has 5 nitrogen and oxygen atoms in total. The highest BCUT2D eigenvalue weighted by Crippen LogP contribution is 2.16. The molecule has 0 radical (unpaired) electrons. The maximum atomic E-state index is 13.0. The van der Waals surface area contributed by atoms with Crippen molar-refractivity contribution in [2.24, 2.45) is 0 Å². The van der Waals surface area contributed by atoms with Gasteiger partial charge in [-0.3, -0.25) is 9.48 Å². The SMILES string of the molecule is O=C(NCCn1ccnn1)c1ccc(F)c(Br)c1. The van der Waals surface area contributed by atoms with Gasteiger partial charge in [-0.15, -0.1) is 5.10 Å². The zero-order valence-corrected chi connectivity index (χ0v) is 10.9. The summed E-state index contributed by atoms with van der Waals surface area (Å²) in [6.45, 7) is 0.964. The molecule has 94 valence electrons. The molecule has 1 heterocycles. The van der Waals surface area contributed by atoms with Crippen LogP contribution in [0.1, 0.15) is 10.4 Å². The minimum atomic E-state index is -0.394. The molecular weight excluding hydrogens is 303 g/mol. The zero-order valence-electron chi connectivity index (χ0n) is 9.31. The highest BCUT2D eigenvalue weighted by molar-refractivity contribution is 9.10. The molecule has 0 aliphatic heterocycles. The van der Waals surface area contributed by atoms with Gasteiger partial charge in [-0.05, 0) is 34.1 Å². The van der Waals surface area contributed by atoms with Gasteiger partial charge in [-0.2, -0.15) is 0 Å². The number of carbonyl (C=O) groups excluding carboxylic acids is 1. The van der Waals surface area contributed by atoms with Crippen LogP contribution in [-0.2, 0) is 6.54 Å². The average Bonchev–Trinajstić information content (AvgIpc) is 2.85. The summed E-state index contributed by atoms with van der Waals surface area (Å²) in [4.78, 5) is 11.7. The molecular formula is C11H10BrFN4O. The molecule has 7 heteroatoms. The lowest BCUT2D eigenvalue weighted by atomic mass is 10.2. The monoisotopic (exact) mass is 312 g/mol. The first-order chi connectivity index (χ1) is 8.66. The van der Waals surface area contributed by atoms with Crippen molar-refractivity contribution in [1.82, 2.24) is 20.3 Å². The van der Waals surface area contributed by atoms with Crippen LogP contribution in [0.15, 0.2) is 35.1 Å². The van der Waals surface area contributed by atoms with Crippen molar-refractivity contribution in [2.45, 2.75) is 6.54 Å². The Kier molecular flexibility index (Phi) is 4.03. The molecule has 1 aromatic carbocycles. The van der Waals surface area contributed by atoms with E-state index in [9.17, 15) is 9.18 Å². The Morgan fingerprint density at radius 2 is 2.33 bits per heavy atom. The van der Waals surface area contributed by atoms with Crippen LogP contribution < -0.4 is 5.32 Å². The molecule has 0 bridgehead atoms. The van der Waals surface area contributed by atoms with Crippen molar-refractivity contribution >= 4 is 21.8 Å². The Labute approximate surface area is 111 Å². The number of amides is 1. The molecule has 0 fully saturated rings. The lowest BCUT2D eigenvalue weighted by Gasteiger charge is -2.05. The van der Waals surface area contributed by atoms with Gasteiger partial charge in [0.2, 0.25) is 0 Å². The van der Waals surface area contributed by atoms with Crippen molar-refractivity contribution in [3.05, 3.63) is 46.4 Å². The number of nitrogens with one attached hydrogen (secondary N) is 1. The van der Waals surface area contributed by atoms with Gasteiger partial charge >= 0.3 is 0 Å². The number of halogens is 2. The third kappa shape index (κ3) is 3.13. The van der Waals surface area contributed by atoms with Crippen molar-refractivity contribution < 1.29 is 9.18 Å². The molecule has 1 N–H and O–H groups in total. The second-order valence-electron chi connectivity index (χ2n) is 3.55. The minimum Gasteiger partial charge on any atom is -0.350 e. The van der Waals surface area contributed by atoms with E-state index in [-0.39, 0.29) is 10.4 Å². The summed E-state index contributed by atoms with van der Waals surface area (Å²) in [5.41, 5.74) is 0.405. The Morgan fingerprint density at radius 3 is 3.00 bits per heavy atom. The highest BCUT2D eigenvalue weighted by atomic mass is 79.9. The standard InChI is InChI=1S/C11H10BrFN4O/c12-9-7-8(1-2-10(9)13)11(18)14-3-5-17-6-4-15-16-17/h1-2,4,6-7H,3,5H2,(H,14,18). The number of hydrogen-bond acceptors (Lipinski definition) is 3. The Hall–Kier alpha value is -1.76. The number of rotatable bonds is 4. The number of benzene rings is 1. The van der Waals surface area contributed by atoms with Gasteiger partial charge in [0.05, 0.1) is 17.2 Å². The summed E-state index contributed by atoms with van der Waals surface area (Å²) in [6.07, 6.45) is 3.28. The first kappa shape index (κ1) is 12.7. The molecule has 0 aliphatic rings. The lowest BCUT2D eigenvalue weighted by molar-refractivity contribution is 0.0951. The van der Waals surface area contributed by atoms with Gasteiger partial charge in [0.15, 0.2) is 0 Å². The Morgan fingerprint density at radius 1 is 1.50 bits per heavy atom. The summed E-state index contributed by atoms with van der Waals surface area (Å²) in [7, 11) is 0. The van der Waals surface area contributed by atoms with E-state index in [1.54, 1.807) is 17.1 Å². The van der Waals surface area contributed by atoms with Crippen LogP contribution in [0.25, 0.3) is 0 Å². The molecule has 2 aromatic rings. The summed E-state index contributed by atoms with van der Waals surface area (Å²) < 4.78 is 14.9. The van der Waals surface area contributed by atoms with Crippen LogP contribution in [0.4, 0.5) is 4.39 Å². The maximum absolute atomic E-state index is 13.0. The lowest BCUT2D eigenvalue weighted by Crippen LogP contribution is -2.27. The fourth-order valence-electron chi connectivity index (χ4n) is 1.38. The van der Waals surface area contributed by atoms with E-state index in [2.05, 4.69) is 31.6 Å². The first-order valence-electron chi connectivity index (χ1n) is 5.24. The molecule has 0 saturated carbocycles. The van der Waals surface area contributed by atoms with E-state index in [4.69, 9.17) is 0 Å². The molecule has 18 heavy (non-hydrogen) atoms. The number of nitrogens with zero attached hydrogens (tertiary/aromatic N) is 3. The van der Waals surface area contributed by atoms with Gasteiger partial charge in [-0.1, -0.05) is 5.21 Å². The van der Waals surface area contributed by atoms with Crippen LogP contribution in [-0.4, -0.2) is 27.4 Å². The normalized spacial score (nSPS) is 10.3. The van der Waals surface area contributed by atoms with Gasteiger partial charge in [0.1, 0.15) is 5.82 Å². The fourth-order valence-corrected chi connectivity index (χ4v) is 1.75. The van der Waals surface area contributed by atoms with Crippen molar-refractivity contribution in [1.29, 1.82) is 0 Å². The van der Waals surface area contributed by atoms with E-state index in [0.717, 1.165) is 0 Å². The average molecular weight is 313 g/mol. The molecule has 1 aromatic heterocycles. The maximum Gasteiger partial charge on any atom is 0.251 e. The van der Waals surface area contributed by atoms with Gasteiger partial charge in [-0.25, -0.2) is 4.39 Å². The largest absolute Gasteiger partial charge is 0.350 e. The third-order valence-electron chi connectivity index (χ3n) is 2.28. The molecule has 0 aliphatic carbocycles. The van der Waals surface area contributed by atoms with Crippen molar-refractivity contribution in [3.8, 4) is 0 Å². The summed E-state index contributed by atoms with van der Waals surface area (Å²) >= 11 is 3.04. The molecule has 1 amide bonds. The van der Waals surface area contributed by atoms with E-state index in [1.165, 1.54) is 18.2 Å². The number of aromatic nitrogens is 3. The van der Waals surface area contributed by atoms with Crippen molar-refractivity contribution in [2.75, 3.05) is 6.54 Å². The van der Waals surface area contributed by atoms with Gasteiger partial charge < -0.3 is 5.32 Å². The van der Waals surface area contributed by atoms with E-state index in [1.807, 2.05) is 0 Å². The Bertz CT molecular complexity index is 544. The van der Waals surface area contributed by atoms with Crippen LogP contribution in [0, 0.1) is 5.82 Å². The summed E-state index contributed by atoms with van der Waals surface area (Å²) in [5.74, 6) is -0.648. The van der Waals surface area contributed by atoms with Gasteiger partial charge in [0.25, 0.3) is 5.91 Å². The predicted octanol–water partition coefficient (Wildman–Crippen LogP) is 1.61. The first-order valence-corrected chi connectivity index (χ1v) is 6.03. The summed E-state index contributed by atoms with van der Waals surface area (Å²) in [6, 6.07) is 4.13.